The van der Waals surface area contributed by atoms with E-state index in [0.29, 0.717) is 11.3 Å². The molecule has 2 rings (SSSR count). The number of nitrogen functional groups attached to an aromatic ring is 1. The van der Waals surface area contributed by atoms with Crippen molar-refractivity contribution in [1.82, 2.24) is 0 Å². The van der Waals surface area contributed by atoms with Gasteiger partial charge in [-0.3, -0.25) is 4.79 Å². The van der Waals surface area contributed by atoms with Gasteiger partial charge in [-0.2, -0.15) is 5.26 Å². The Morgan fingerprint density at radius 3 is 2.67 bits per heavy atom. The first-order valence-electron chi connectivity index (χ1n) is 5.96. The number of amides is 1. The Bertz CT molecular complexity index is 753. The monoisotopic (exact) mass is 287 g/mol. The molecule has 0 spiro atoms. The van der Waals surface area contributed by atoms with Crippen LogP contribution in [0, 0.1) is 23.0 Å². The highest BCUT2D eigenvalue weighted by Gasteiger charge is 2.20. The van der Waals surface area contributed by atoms with Crippen molar-refractivity contribution in [2.45, 2.75) is 0 Å². The van der Waals surface area contributed by atoms with Crippen molar-refractivity contribution in [3.05, 3.63) is 59.2 Å². The molecule has 21 heavy (non-hydrogen) atoms. The molecule has 2 aromatic rings. The van der Waals surface area contributed by atoms with Crippen LogP contribution in [-0.2, 0) is 0 Å². The Morgan fingerprint density at radius 1 is 1.29 bits per heavy atom. The molecular weight excluding hydrogens is 276 g/mol. The third-order valence-electron chi connectivity index (χ3n) is 2.96. The zero-order valence-corrected chi connectivity index (χ0v) is 11.1. The molecule has 0 fully saturated rings. The molecule has 1 amide bonds. The molecule has 0 radical (unpaired) electrons. The molecule has 0 aliphatic heterocycles. The number of nitriles is 1. The molecule has 0 bridgehead atoms. The fourth-order valence-electron chi connectivity index (χ4n) is 1.85. The number of nitrogens with zero attached hydrogens (tertiary/aromatic N) is 2. The SMILES string of the molecule is CN(C(=O)c1cc(F)cc(N)c1F)c1cccc(C#N)c1. The first-order chi connectivity index (χ1) is 9.93. The Morgan fingerprint density at radius 2 is 2.00 bits per heavy atom. The van der Waals surface area contributed by atoms with Gasteiger partial charge in [0.25, 0.3) is 5.91 Å². The maximum Gasteiger partial charge on any atom is 0.261 e. The number of hydrogen-bond donors (Lipinski definition) is 1. The highest BCUT2D eigenvalue weighted by molar-refractivity contribution is 6.06. The van der Waals surface area contributed by atoms with Crippen LogP contribution in [0.1, 0.15) is 15.9 Å². The predicted molar refractivity (Wildman–Crippen MR) is 74.7 cm³/mol. The van der Waals surface area contributed by atoms with Crippen molar-refractivity contribution < 1.29 is 13.6 Å². The van der Waals surface area contributed by atoms with Gasteiger partial charge in [0.05, 0.1) is 22.9 Å². The summed E-state index contributed by atoms with van der Waals surface area (Å²) in [6, 6.07) is 9.75. The van der Waals surface area contributed by atoms with Gasteiger partial charge in [-0.25, -0.2) is 8.78 Å². The lowest BCUT2D eigenvalue weighted by atomic mass is 10.1. The molecule has 106 valence electrons. The summed E-state index contributed by atoms with van der Waals surface area (Å²) in [5.41, 5.74) is 5.16. The zero-order chi connectivity index (χ0) is 15.6. The van der Waals surface area contributed by atoms with Crippen LogP contribution < -0.4 is 10.6 Å². The summed E-state index contributed by atoms with van der Waals surface area (Å²) in [4.78, 5) is 13.4. The van der Waals surface area contributed by atoms with Crippen LogP contribution in [0.4, 0.5) is 20.2 Å². The topological polar surface area (TPSA) is 70.1 Å². The minimum absolute atomic E-state index is 0.353. The highest BCUT2D eigenvalue weighted by atomic mass is 19.1. The quantitative estimate of drug-likeness (QED) is 0.863. The number of benzene rings is 2. The molecule has 0 unspecified atom stereocenters. The van der Waals surface area contributed by atoms with E-state index >= 15 is 0 Å². The lowest BCUT2D eigenvalue weighted by Crippen LogP contribution is -2.27. The summed E-state index contributed by atoms with van der Waals surface area (Å²) in [6.45, 7) is 0. The van der Waals surface area contributed by atoms with E-state index in [1.165, 1.54) is 13.1 Å². The van der Waals surface area contributed by atoms with Crippen LogP contribution in [0.5, 0.6) is 0 Å². The van der Waals surface area contributed by atoms with Gasteiger partial charge in [0.2, 0.25) is 0 Å². The first-order valence-corrected chi connectivity index (χ1v) is 5.96. The molecule has 6 heteroatoms. The first kappa shape index (κ1) is 14.5. The number of hydrogen-bond acceptors (Lipinski definition) is 3. The predicted octanol–water partition coefficient (Wildman–Crippen LogP) is 2.70. The van der Waals surface area contributed by atoms with E-state index in [0.717, 1.165) is 17.0 Å². The number of rotatable bonds is 2. The van der Waals surface area contributed by atoms with Crippen LogP contribution in [0.3, 0.4) is 0 Å². The maximum atomic E-state index is 13.9. The lowest BCUT2D eigenvalue weighted by molar-refractivity contribution is 0.0989. The second kappa shape index (κ2) is 5.59. The molecule has 0 aliphatic rings. The summed E-state index contributed by atoms with van der Waals surface area (Å²) in [6.07, 6.45) is 0. The summed E-state index contributed by atoms with van der Waals surface area (Å²) in [7, 11) is 1.40. The van der Waals surface area contributed by atoms with E-state index in [4.69, 9.17) is 11.0 Å². The minimum Gasteiger partial charge on any atom is -0.396 e. The standard InChI is InChI=1S/C15H11F2N3O/c1-20(11-4-2-3-9(5-11)8-18)15(21)12-6-10(16)7-13(19)14(12)17/h2-7H,19H2,1H3. The fourth-order valence-corrected chi connectivity index (χ4v) is 1.85. The lowest BCUT2D eigenvalue weighted by Gasteiger charge is -2.18. The summed E-state index contributed by atoms with van der Waals surface area (Å²) < 4.78 is 27.2. The van der Waals surface area contributed by atoms with Gasteiger partial charge in [0, 0.05) is 12.7 Å². The Kier molecular flexibility index (Phi) is 3.85. The van der Waals surface area contributed by atoms with Crippen LogP contribution >= 0.6 is 0 Å². The van der Waals surface area contributed by atoms with Crippen molar-refractivity contribution in [2.75, 3.05) is 17.7 Å². The Labute approximate surface area is 120 Å². The van der Waals surface area contributed by atoms with Crippen molar-refractivity contribution in [3.8, 4) is 6.07 Å². The average Bonchev–Trinajstić information content (AvgIpc) is 2.49. The smallest absolute Gasteiger partial charge is 0.261 e. The normalized spacial score (nSPS) is 10.0. The number of carbonyl (C=O) groups excluding carboxylic acids is 1. The largest absolute Gasteiger partial charge is 0.396 e. The van der Waals surface area contributed by atoms with Crippen LogP contribution in [0.2, 0.25) is 0 Å². The third-order valence-corrected chi connectivity index (χ3v) is 2.96. The molecule has 0 aromatic heterocycles. The molecule has 4 nitrogen and oxygen atoms in total. The van der Waals surface area contributed by atoms with E-state index in [1.807, 2.05) is 6.07 Å². The van der Waals surface area contributed by atoms with Crippen molar-refractivity contribution in [3.63, 3.8) is 0 Å². The van der Waals surface area contributed by atoms with E-state index in [1.54, 1.807) is 18.2 Å². The molecule has 2 N–H and O–H groups in total. The average molecular weight is 287 g/mol. The molecule has 0 saturated carbocycles. The van der Waals surface area contributed by atoms with Gasteiger partial charge >= 0.3 is 0 Å². The summed E-state index contributed by atoms with van der Waals surface area (Å²) in [5, 5.41) is 8.84. The number of halogens is 2. The van der Waals surface area contributed by atoms with Gasteiger partial charge < -0.3 is 10.6 Å². The fraction of sp³-hybridized carbons (Fsp3) is 0.0667. The number of carbonyl (C=O) groups is 1. The molecular formula is C15H11F2N3O. The second-order valence-electron chi connectivity index (χ2n) is 4.38. The van der Waals surface area contributed by atoms with E-state index in [2.05, 4.69) is 0 Å². The highest BCUT2D eigenvalue weighted by Crippen LogP contribution is 2.22. The second-order valence-corrected chi connectivity index (χ2v) is 4.38. The molecule has 2 aromatic carbocycles. The van der Waals surface area contributed by atoms with E-state index in [-0.39, 0.29) is 0 Å². The Balaban J connectivity index is 2.42. The van der Waals surface area contributed by atoms with Gasteiger partial charge in [0.15, 0.2) is 5.82 Å². The van der Waals surface area contributed by atoms with E-state index in [9.17, 15) is 13.6 Å². The van der Waals surface area contributed by atoms with Gasteiger partial charge in [0.1, 0.15) is 5.82 Å². The molecule has 0 aliphatic carbocycles. The van der Waals surface area contributed by atoms with Crippen molar-refractivity contribution in [2.24, 2.45) is 0 Å². The van der Waals surface area contributed by atoms with Crippen molar-refractivity contribution in [1.29, 1.82) is 5.26 Å². The zero-order valence-electron chi connectivity index (χ0n) is 11.1. The Hall–Kier alpha value is -2.94. The van der Waals surface area contributed by atoms with Gasteiger partial charge in [-0.15, -0.1) is 0 Å². The van der Waals surface area contributed by atoms with Gasteiger partial charge in [-0.1, -0.05) is 6.07 Å². The molecule has 0 heterocycles. The van der Waals surface area contributed by atoms with Crippen LogP contribution in [0.15, 0.2) is 36.4 Å². The molecule has 0 saturated heterocycles. The number of nitrogens with two attached hydrogens (primary N) is 1. The summed E-state index contributed by atoms with van der Waals surface area (Å²) in [5.74, 6) is -2.52. The minimum atomic E-state index is -0.968. The maximum absolute atomic E-state index is 13.9. The molecule has 0 atom stereocenters. The van der Waals surface area contributed by atoms with Gasteiger partial charge in [-0.05, 0) is 30.3 Å². The van der Waals surface area contributed by atoms with E-state index < -0.39 is 28.8 Å². The summed E-state index contributed by atoms with van der Waals surface area (Å²) >= 11 is 0. The van der Waals surface area contributed by atoms with Crippen molar-refractivity contribution >= 4 is 17.3 Å². The third kappa shape index (κ3) is 2.82. The number of anilines is 2. The van der Waals surface area contributed by atoms with Crippen LogP contribution in [0.25, 0.3) is 0 Å². The van der Waals surface area contributed by atoms with Crippen LogP contribution in [-0.4, -0.2) is 13.0 Å².